The van der Waals surface area contributed by atoms with E-state index < -0.39 is 0 Å². The summed E-state index contributed by atoms with van der Waals surface area (Å²) in [6.07, 6.45) is 0.0597. The van der Waals surface area contributed by atoms with E-state index in [1.165, 1.54) is 0 Å². The van der Waals surface area contributed by atoms with Gasteiger partial charge in [-0.05, 0) is 69.2 Å². The van der Waals surface area contributed by atoms with Gasteiger partial charge in [-0.1, -0.05) is 12.1 Å². The lowest BCUT2D eigenvalue weighted by Gasteiger charge is -2.34. The van der Waals surface area contributed by atoms with Gasteiger partial charge in [0.15, 0.2) is 0 Å². The highest BCUT2D eigenvalue weighted by atomic mass is 16.5. The van der Waals surface area contributed by atoms with Crippen LogP contribution in [0, 0.1) is 13.8 Å². The maximum Gasteiger partial charge on any atom is 0.251 e. The Morgan fingerprint density at radius 1 is 0.971 bits per heavy atom. The average Bonchev–Trinajstić information content (AvgIpc) is 2.81. The van der Waals surface area contributed by atoms with E-state index in [2.05, 4.69) is 10.6 Å². The van der Waals surface area contributed by atoms with E-state index in [0.29, 0.717) is 37.5 Å². The monoisotopic (exact) mass is 466 g/mol. The topological polar surface area (TPSA) is 91.0 Å². The number of benzene rings is 2. The molecule has 182 valence electrons. The predicted molar refractivity (Wildman–Crippen MR) is 132 cm³/mol. The minimum atomic E-state index is -0.300. The number of anilines is 1. The zero-order chi connectivity index (χ0) is 24.7. The van der Waals surface area contributed by atoms with E-state index in [4.69, 9.17) is 4.74 Å². The van der Waals surface area contributed by atoms with Crippen LogP contribution in [0.2, 0.25) is 0 Å². The summed E-state index contributed by atoms with van der Waals surface area (Å²) in [7, 11) is 0. The molecule has 1 fully saturated rings. The predicted octanol–water partition coefficient (Wildman–Crippen LogP) is 2.60. The number of carbonyl (C=O) groups excluding carboxylic acids is 3. The lowest BCUT2D eigenvalue weighted by atomic mass is 10.1. The van der Waals surface area contributed by atoms with Gasteiger partial charge in [0.25, 0.3) is 5.91 Å². The summed E-state index contributed by atoms with van der Waals surface area (Å²) >= 11 is 0. The first-order valence-electron chi connectivity index (χ1n) is 11.6. The van der Waals surface area contributed by atoms with Crippen LogP contribution in [0.4, 0.5) is 5.69 Å². The second kappa shape index (κ2) is 11.7. The van der Waals surface area contributed by atoms with Crippen molar-refractivity contribution in [3.05, 3.63) is 59.2 Å². The Kier molecular flexibility index (Phi) is 8.65. The number of carbonyl (C=O) groups is 3. The third kappa shape index (κ3) is 7.05. The van der Waals surface area contributed by atoms with Crippen LogP contribution in [-0.2, 0) is 9.59 Å². The van der Waals surface area contributed by atoms with Crippen molar-refractivity contribution in [3.8, 4) is 5.75 Å². The van der Waals surface area contributed by atoms with Crippen LogP contribution >= 0.6 is 0 Å². The first-order chi connectivity index (χ1) is 16.2. The number of nitrogens with zero attached hydrogens (tertiary/aromatic N) is 2. The van der Waals surface area contributed by atoms with Gasteiger partial charge in [-0.2, -0.15) is 0 Å². The van der Waals surface area contributed by atoms with Crippen molar-refractivity contribution >= 4 is 23.4 Å². The lowest BCUT2D eigenvalue weighted by molar-refractivity contribution is -0.132. The van der Waals surface area contributed by atoms with Gasteiger partial charge < -0.3 is 20.3 Å². The van der Waals surface area contributed by atoms with Gasteiger partial charge in [-0.25, -0.2) is 0 Å². The Bertz CT molecular complexity index is 1010. The Morgan fingerprint density at radius 3 is 2.29 bits per heavy atom. The van der Waals surface area contributed by atoms with E-state index in [1.807, 2.05) is 50.8 Å². The molecule has 0 aliphatic carbocycles. The molecule has 0 atom stereocenters. The van der Waals surface area contributed by atoms with E-state index >= 15 is 0 Å². The van der Waals surface area contributed by atoms with Crippen LogP contribution in [0.1, 0.15) is 35.3 Å². The Morgan fingerprint density at radius 2 is 1.65 bits per heavy atom. The molecular weight excluding hydrogens is 432 g/mol. The number of rotatable bonds is 8. The summed E-state index contributed by atoms with van der Waals surface area (Å²) in [6, 6.07) is 12.7. The molecule has 0 aromatic heterocycles. The highest BCUT2D eigenvalue weighted by Crippen LogP contribution is 2.18. The molecule has 0 spiro atoms. The van der Waals surface area contributed by atoms with Gasteiger partial charge in [0.05, 0.1) is 19.2 Å². The Labute approximate surface area is 201 Å². The Balaban J connectivity index is 1.40. The van der Waals surface area contributed by atoms with Crippen molar-refractivity contribution < 1.29 is 19.1 Å². The number of nitrogens with one attached hydrogen (secondary N) is 2. The molecule has 1 aliphatic heterocycles. The summed E-state index contributed by atoms with van der Waals surface area (Å²) in [4.78, 5) is 41.1. The van der Waals surface area contributed by atoms with Crippen molar-refractivity contribution in [1.29, 1.82) is 0 Å². The van der Waals surface area contributed by atoms with Gasteiger partial charge in [-0.15, -0.1) is 0 Å². The summed E-state index contributed by atoms with van der Waals surface area (Å²) in [5.41, 5.74) is 3.50. The van der Waals surface area contributed by atoms with Crippen molar-refractivity contribution in [2.24, 2.45) is 0 Å². The molecule has 8 heteroatoms. The third-order valence-corrected chi connectivity index (χ3v) is 5.86. The molecule has 1 saturated heterocycles. The van der Waals surface area contributed by atoms with Crippen LogP contribution in [0.3, 0.4) is 0 Å². The minimum Gasteiger partial charge on any atom is -0.491 e. The average molecular weight is 467 g/mol. The first kappa shape index (κ1) is 25.2. The van der Waals surface area contributed by atoms with Crippen molar-refractivity contribution in [3.63, 3.8) is 0 Å². The highest BCUT2D eigenvalue weighted by molar-refractivity contribution is 5.96. The van der Waals surface area contributed by atoms with Gasteiger partial charge in [0.2, 0.25) is 11.8 Å². The lowest BCUT2D eigenvalue weighted by Crippen LogP contribution is -2.52. The highest BCUT2D eigenvalue weighted by Gasteiger charge is 2.23. The summed E-state index contributed by atoms with van der Waals surface area (Å²) < 4.78 is 5.58. The smallest absolute Gasteiger partial charge is 0.251 e. The van der Waals surface area contributed by atoms with Gasteiger partial charge in [0, 0.05) is 37.4 Å². The molecule has 2 N–H and O–H groups in total. The first-order valence-corrected chi connectivity index (χ1v) is 11.6. The zero-order valence-electron chi connectivity index (χ0n) is 20.4. The second-order valence-corrected chi connectivity index (χ2v) is 8.83. The summed E-state index contributed by atoms with van der Waals surface area (Å²) in [5, 5.41) is 5.66. The van der Waals surface area contributed by atoms with Gasteiger partial charge in [-0.3, -0.25) is 19.3 Å². The van der Waals surface area contributed by atoms with Gasteiger partial charge >= 0.3 is 0 Å². The molecule has 0 unspecified atom stereocenters. The van der Waals surface area contributed by atoms with Crippen molar-refractivity contribution in [1.82, 2.24) is 15.1 Å². The quantitative estimate of drug-likeness (QED) is 0.624. The molecule has 0 bridgehead atoms. The van der Waals surface area contributed by atoms with Gasteiger partial charge in [0.1, 0.15) is 5.75 Å². The van der Waals surface area contributed by atoms with E-state index in [0.717, 1.165) is 16.8 Å². The number of ether oxygens (including phenoxy) is 1. The molecule has 34 heavy (non-hydrogen) atoms. The van der Waals surface area contributed by atoms with Crippen LogP contribution in [-0.4, -0.2) is 72.9 Å². The van der Waals surface area contributed by atoms with Crippen molar-refractivity contribution in [2.75, 3.05) is 44.6 Å². The van der Waals surface area contributed by atoms with Crippen LogP contribution in [0.15, 0.2) is 42.5 Å². The van der Waals surface area contributed by atoms with Crippen LogP contribution < -0.4 is 15.4 Å². The largest absolute Gasteiger partial charge is 0.491 e. The van der Waals surface area contributed by atoms with Crippen molar-refractivity contribution in [2.45, 2.75) is 33.8 Å². The standard InChI is InChI=1S/C26H34N4O4/c1-18(2)34-22-10-8-21(9-11-22)26(33)27-16-25(32)30-14-12-29(13-15-30)17-24(31)28-23-7-5-6-19(3)20(23)4/h5-11,18H,12-17H2,1-4H3,(H,27,33)(H,28,31). The molecule has 0 radical (unpaired) electrons. The molecule has 1 heterocycles. The molecule has 3 rings (SSSR count). The molecule has 3 amide bonds. The molecule has 1 aliphatic rings. The molecule has 2 aromatic rings. The number of hydrogen-bond acceptors (Lipinski definition) is 5. The third-order valence-electron chi connectivity index (χ3n) is 5.86. The molecule has 2 aromatic carbocycles. The van der Waals surface area contributed by atoms with E-state index in [-0.39, 0.29) is 36.9 Å². The van der Waals surface area contributed by atoms with E-state index in [1.54, 1.807) is 29.2 Å². The van der Waals surface area contributed by atoms with E-state index in [9.17, 15) is 14.4 Å². The Hall–Kier alpha value is -3.39. The molecule has 0 saturated carbocycles. The maximum atomic E-state index is 12.5. The van der Waals surface area contributed by atoms with Crippen LogP contribution in [0.25, 0.3) is 0 Å². The SMILES string of the molecule is Cc1cccc(NC(=O)CN2CCN(C(=O)CNC(=O)c3ccc(OC(C)C)cc3)CC2)c1C. The fourth-order valence-corrected chi connectivity index (χ4v) is 3.76. The number of aryl methyl sites for hydroxylation is 1. The molecule has 8 nitrogen and oxygen atoms in total. The van der Waals surface area contributed by atoms with Crippen LogP contribution in [0.5, 0.6) is 5.75 Å². The summed E-state index contributed by atoms with van der Waals surface area (Å²) in [5.74, 6) is 0.201. The normalized spacial score (nSPS) is 14.1. The fraction of sp³-hybridized carbons (Fsp3) is 0.423. The second-order valence-electron chi connectivity index (χ2n) is 8.83. The fourth-order valence-electron chi connectivity index (χ4n) is 3.76. The zero-order valence-corrected chi connectivity index (χ0v) is 20.4. The molecular formula is C26H34N4O4. The summed E-state index contributed by atoms with van der Waals surface area (Å²) in [6.45, 7) is 10.4. The minimum absolute atomic E-state index is 0.0593. The number of hydrogen-bond donors (Lipinski definition) is 2. The number of amides is 3. The maximum absolute atomic E-state index is 12.5. The number of piperazine rings is 1.